The minimum absolute atomic E-state index is 0.0132. The summed E-state index contributed by atoms with van der Waals surface area (Å²) in [5, 5.41) is 24.9. The number of nitrogens with two attached hydrogens (primary N) is 1. The fourth-order valence-electron chi connectivity index (χ4n) is 1.32. The summed E-state index contributed by atoms with van der Waals surface area (Å²) in [6.07, 6.45) is 1.35. The van der Waals surface area contributed by atoms with Gasteiger partial charge in [-0.05, 0) is 22.6 Å². The maximum atomic E-state index is 10.8. The second-order valence-corrected chi connectivity index (χ2v) is 3.36. The Bertz CT molecular complexity index is 636. The van der Waals surface area contributed by atoms with Crippen molar-refractivity contribution in [3.05, 3.63) is 33.9 Å². The normalized spacial score (nSPS) is 10.8. The Labute approximate surface area is 106 Å². The number of aromatic nitrogens is 4. The molecule has 98 valence electrons. The number of hydrogen-bond donors (Lipinski definition) is 1. The highest BCUT2D eigenvalue weighted by Crippen LogP contribution is 2.26. The number of hydrogen-bond acceptors (Lipinski definition) is 8. The van der Waals surface area contributed by atoms with Gasteiger partial charge in [-0.1, -0.05) is 9.89 Å². The average Bonchev–Trinajstić information content (AvgIpc) is 2.81. The van der Waals surface area contributed by atoms with Gasteiger partial charge in [-0.15, -0.1) is 0 Å². The van der Waals surface area contributed by atoms with E-state index in [-0.39, 0.29) is 17.4 Å². The molecule has 0 atom stereocenters. The van der Waals surface area contributed by atoms with Crippen LogP contribution in [0.4, 0.5) is 11.6 Å². The zero-order valence-electron chi connectivity index (χ0n) is 9.79. The predicted molar refractivity (Wildman–Crippen MR) is 64.9 cm³/mol. The summed E-state index contributed by atoms with van der Waals surface area (Å²) in [4.78, 5) is 11.3. The summed E-state index contributed by atoms with van der Waals surface area (Å²) in [6.45, 7) is 0. The number of ether oxygens (including phenoxy) is 1. The van der Waals surface area contributed by atoms with Crippen LogP contribution >= 0.6 is 0 Å². The monoisotopic (exact) mass is 263 g/mol. The lowest BCUT2D eigenvalue weighted by atomic mass is 10.2. The van der Waals surface area contributed by atoms with E-state index in [9.17, 15) is 10.1 Å². The summed E-state index contributed by atoms with van der Waals surface area (Å²) in [6, 6.07) is 4.40. The Morgan fingerprint density at radius 1 is 1.58 bits per heavy atom. The SMILES string of the molecule is COc1ccc(/C=N\n2nnnc2N)cc1[N+](=O)[O-]. The van der Waals surface area contributed by atoms with E-state index in [1.165, 1.54) is 25.5 Å². The van der Waals surface area contributed by atoms with Gasteiger partial charge in [-0.2, -0.15) is 5.10 Å². The number of methoxy groups -OCH3 is 1. The molecule has 19 heavy (non-hydrogen) atoms. The Morgan fingerprint density at radius 3 is 2.95 bits per heavy atom. The molecule has 0 aliphatic heterocycles. The molecule has 0 saturated heterocycles. The van der Waals surface area contributed by atoms with Gasteiger partial charge >= 0.3 is 5.69 Å². The van der Waals surface area contributed by atoms with Crippen LogP contribution in [0.3, 0.4) is 0 Å². The fraction of sp³-hybridized carbons (Fsp3) is 0.111. The molecule has 0 aliphatic rings. The molecule has 0 radical (unpaired) electrons. The van der Waals surface area contributed by atoms with Crippen molar-refractivity contribution in [2.75, 3.05) is 12.8 Å². The zero-order valence-corrected chi connectivity index (χ0v) is 9.79. The first kappa shape index (κ1) is 12.4. The van der Waals surface area contributed by atoms with Gasteiger partial charge in [0.15, 0.2) is 5.75 Å². The molecule has 2 rings (SSSR count). The summed E-state index contributed by atoms with van der Waals surface area (Å²) in [5.41, 5.74) is 5.75. The van der Waals surface area contributed by atoms with Gasteiger partial charge in [0.2, 0.25) is 0 Å². The van der Waals surface area contributed by atoms with Gasteiger partial charge in [0.1, 0.15) is 0 Å². The van der Waals surface area contributed by atoms with Crippen molar-refractivity contribution in [3.63, 3.8) is 0 Å². The molecule has 0 saturated carbocycles. The minimum atomic E-state index is -0.540. The molecule has 1 aromatic heterocycles. The number of nitro groups is 1. The van der Waals surface area contributed by atoms with Crippen molar-refractivity contribution in [1.29, 1.82) is 0 Å². The van der Waals surface area contributed by atoms with Crippen LogP contribution in [0.5, 0.6) is 5.75 Å². The van der Waals surface area contributed by atoms with Crippen LogP contribution in [0.25, 0.3) is 0 Å². The number of nitrogen functional groups attached to an aromatic ring is 1. The van der Waals surface area contributed by atoms with Crippen LogP contribution < -0.4 is 10.5 Å². The van der Waals surface area contributed by atoms with Gasteiger partial charge in [0.25, 0.3) is 5.95 Å². The van der Waals surface area contributed by atoms with Crippen LogP contribution in [-0.4, -0.2) is 38.6 Å². The Balaban J connectivity index is 2.31. The molecular weight excluding hydrogens is 254 g/mol. The lowest BCUT2D eigenvalue weighted by Gasteiger charge is -2.01. The molecule has 0 amide bonds. The Morgan fingerprint density at radius 2 is 2.37 bits per heavy atom. The molecular formula is C9H9N7O3. The van der Waals surface area contributed by atoms with E-state index in [1.807, 2.05) is 0 Å². The number of rotatable bonds is 4. The maximum absolute atomic E-state index is 10.8. The van der Waals surface area contributed by atoms with Crippen LogP contribution in [0.2, 0.25) is 0 Å². The molecule has 2 aromatic rings. The third kappa shape index (κ3) is 2.62. The smallest absolute Gasteiger partial charge is 0.311 e. The van der Waals surface area contributed by atoms with Gasteiger partial charge in [0.05, 0.1) is 18.2 Å². The van der Waals surface area contributed by atoms with Crippen LogP contribution in [0.15, 0.2) is 23.3 Å². The summed E-state index contributed by atoms with van der Waals surface area (Å²) in [5.74, 6) is 0.184. The first-order chi connectivity index (χ1) is 9.11. The number of tetrazole rings is 1. The van der Waals surface area contributed by atoms with Gasteiger partial charge < -0.3 is 10.5 Å². The highest BCUT2D eigenvalue weighted by Gasteiger charge is 2.14. The van der Waals surface area contributed by atoms with Crippen LogP contribution in [0.1, 0.15) is 5.56 Å². The summed E-state index contributed by atoms with van der Waals surface area (Å²) >= 11 is 0. The summed E-state index contributed by atoms with van der Waals surface area (Å²) in [7, 11) is 1.36. The largest absolute Gasteiger partial charge is 0.490 e. The topological polar surface area (TPSA) is 134 Å². The van der Waals surface area contributed by atoms with E-state index < -0.39 is 4.92 Å². The zero-order chi connectivity index (χ0) is 13.8. The van der Waals surface area contributed by atoms with Gasteiger partial charge in [-0.25, -0.2) is 0 Å². The maximum Gasteiger partial charge on any atom is 0.311 e. The summed E-state index contributed by atoms with van der Waals surface area (Å²) < 4.78 is 4.89. The molecule has 0 spiro atoms. The van der Waals surface area contributed by atoms with Crippen molar-refractivity contribution in [2.45, 2.75) is 0 Å². The van der Waals surface area contributed by atoms with Gasteiger partial charge in [-0.3, -0.25) is 10.1 Å². The molecule has 2 N–H and O–H groups in total. The van der Waals surface area contributed by atoms with Crippen molar-refractivity contribution >= 4 is 17.9 Å². The van der Waals surface area contributed by atoms with Crippen molar-refractivity contribution in [3.8, 4) is 5.75 Å². The van der Waals surface area contributed by atoms with Crippen molar-refractivity contribution < 1.29 is 9.66 Å². The van der Waals surface area contributed by atoms with Gasteiger partial charge in [0, 0.05) is 11.6 Å². The lowest BCUT2D eigenvalue weighted by Crippen LogP contribution is -2.00. The molecule has 0 bridgehead atoms. The van der Waals surface area contributed by atoms with Crippen LogP contribution in [0, 0.1) is 10.1 Å². The predicted octanol–water partition coefficient (Wildman–Crippen LogP) is 0.0543. The third-order valence-corrected chi connectivity index (χ3v) is 2.19. The third-order valence-electron chi connectivity index (χ3n) is 2.19. The number of nitro benzene ring substituents is 1. The molecule has 0 unspecified atom stereocenters. The average molecular weight is 263 g/mol. The first-order valence-corrected chi connectivity index (χ1v) is 5.02. The Kier molecular flexibility index (Phi) is 3.32. The number of nitrogens with zero attached hydrogens (tertiary/aromatic N) is 6. The Hall–Kier alpha value is -3.04. The van der Waals surface area contributed by atoms with Crippen molar-refractivity contribution in [1.82, 2.24) is 20.3 Å². The number of benzene rings is 1. The highest BCUT2D eigenvalue weighted by atomic mass is 16.6. The highest BCUT2D eigenvalue weighted by molar-refractivity contribution is 5.81. The molecule has 1 heterocycles. The standard InChI is InChI=1S/C9H9N7O3/c1-19-8-3-2-6(4-7(8)16(17)18)5-11-15-9(10)12-13-14-15/h2-5H,1H3,(H2,10,12,14)/b11-5-. The van der Waals surface area contributed by atoms with Crippen molar-refractivity contribution in [2.24, 2.45) is 5.10 Å². The van der Waals surface area contributed by atoms with E-state index in [2.05, 4.69) is 20.6 Å². The fourth-order valence-corrected chi connectivity index (χ4v) is 1.32. The van der Waals surface area contributed by atoms with E-state index in [0.717, 1.165) is 4.79 Å². The molecule has 10 nitrogen and oxygen atoms in total. The second kappa shape index (κ2) is 5.08. The molecule has 10 heteroatoms. The lowest BCUT2D eigenvalue weighted by molar-refractivity contribution is -0.385. The molecule has 0 fully saturated rings. The van der Waals surface area contributed by atoms with E-state index >= 15 is 0 Å². The molecule has 1 aromatic carbocycles. The number of anilines is 1. The van der Waals surface area contributed by atoms with E-state index in [0.29, 0.717) is 5.56 Å². The molecule has 0 aliphatic carbocycles. The van der Waals surface area contributed by atoms with E-state index in [1.54, 1.807) is 6.07 Å². The second-order valence-electron chi connectivity index (χ2n) is 3.36. The van der Waals surface area contributed by atoms with E-state index in [4.69, 9.17) is 10.5 Å². The first-order valence-electron chi connectivity index (χ1n) is 5.02. The van der Waals surface area contributed by atoms with Crippen LogP contribution in [-0.2, 0) is 0 Å². The minimum Gasteiger partial charge on any atom is -0.490 e. The quantitative estimate of drug-likeness (QED) is 0.467.